The number of rotatable bonds is 3. The van der Waals surface area contributed by atoms with Gasteiger partial charge in [-0.15, -0.1) is 0 Å². The topological polar surface area (TPSA) is 24.4 Å². The van der Waals surface area contributed by atoms with Gasteiger partial charge in [0.1, 0.15) is 0 Å². The van der Waals surface area contributed by atoms with Crippen molar-refractivity contribution in [2.24, 2.45) is 10.9 Å². The third kappa shape index (κ3) is 2.39. The minimum absolute atomic E-state index is 0.573. The Kier molecular flexibility index (Phi) is 2.82. The molecule has 1 saturated carbocycles. The van der Waals surface area contributed by atoms with Gasteiger partial charge in [-0.25, -0.2) is 0 Å². The summed E-state index contributed by atoms with van der Waals surface area (Å²) in [5.41, 5.74) is 0. The molecule has 2 nitrogen and oxygen atoms in total. The summed E-state index contributed by atoms with van der Waals surface area (Å²) in [6.45, 7) is 5.47. The summed E-state index contributed by atoms with van der Waals surface area (Å²) < 4.78 is 0. The molecule has 1 heterocycles. The summed E-state index contributed by atoms with van der Waals surface area (Å²) in [5.74, 6) is 0.977. The van der Waals surface area contributed by atoms with E-state index in [1.54, 1.807) is 0 Å². The number of aliphatic imine (C=N–C) groups is 1. The van der Waals surface area contributed by atoms with E-state index in [4.69, 9.17) is 0 Å². The highest BCUT2D eigenvalue weighted by Gasteiger charge is 2.35. The number of nitrogens with one attached hydrogen (secondary N) is 1. The first-order valence-corrected chi connectivity index (χ1v) is 6.15. The van der Waals surface area contributed by atoms with Gasteiger partial charge in [0, 0.05) is 11.3 Å². The smallest absolute Gasteiger partial charge is 0.157 e. The molecule has 2 rings (SSSR count). The Bertz CT molecular complexity index is 211. The van der Waals surface area contributed by atoms with Crippen LogP contribution in [0.2, 0.25) is 0 Å². The van der Waals surface area contributed by atoms with E-state index in [-0.39, 0.29) is 0 Å². The van der Waals surface area contributed by atoms with Crippen LogP contribution in [-0.4, -0.2) is 23.0 Å². The highest BCUT2D eigenvalue weighted by Crippen LogP contribution is 2.41. The van der Waals surface area contributed by atoms with Gasteiger partial charge in [0.25, 0.3) is 0 Å². The Morgan fingerprint density at radius 3 is 3.00 bits per heavy atom. The van der Waals surface area contributed by atoms with E-state index in [0.29, 0.717) is 6.04 Å². The van der Waals surface area contributed by atoms with E-state index >= 15 is 0 Å². The zero-order valence-electron chi connectivity index (χ0n) is 8.42. The Labute approximate surface area is 84.6 Å². The maximum atomic E-state index is 4.53. The van der Waals surface area contributed by atoms with Gasteiger partial charge in [0.05, 0.1) is 6.54 Å². The predicted octanol–water partition coefficient (Wildman–Crippen LogP) is 2.26. The molecule has 0 spiro atoms. The first-order chi connectivity index (χ1) is 6.29. The first-order valence-electron chi connectivity index (χ1n) is 5.27. The molecule has 13 heavy (non-hydrogen) atoms. The highest BCUT2D eigenvalue weighted by atomic mass is 32.2. The zero-order chi connectivity index (χ0) is 9.26. The van der Waals surface area contributed by atoms with E-state index in [0.717, 1.165) is 17.7 Å². The maximum Gasteiger partial charge on any atom is 0.157 e. The molecular weight excluding hydrogens is 180 g/mol. The van der Waals surface area contributed by atoms with Gasteiger partial charge < -0.3 is 5.32 Å². The average Bonchev–Trinajstić information content (AvgIpc) is 2.88. The zero-order valence-corrected chi connectivity index (χ0v) is 9.23. The highest BCUT2D eigenvalue weighted by molar-refractivity contribution is 8.14. The van der Waals surface area contributed by atoms with Crippen LogP contribution in [0.3, 0.4) is 0 Å². The van der Waals surface area contributed by atoms with Crippen LogP contribution in [-0.2, 0) is 0 Å². The van der Waals surface area contributed by atoms with Gasteiger partial charge in [0.2, 0.25) is 0 Å². The number of nitrogens with zero attached hydrogens (tertiary/aromatic N) is 1. The van der Waals surface area contributed by atoms with Crippen LogP contribution in [0.5, 0.6) is 0 Å². The molecule has 0 radical (unpaired) electrons. The molecule has 0 aromatic heterocycles. The molecule has 1 aliphatic heterocycles. The molecule has 2 unspecified atom stereocenters. The predicted molar refractivity (Wildman–Crippen MR) is 59.3 cm³/mol. The molecule has 1 fully saturated rings. The lowest BCUT2D eigenvalue weighted by Gasteiger charge is -2.12. The molecule has 0 bridgehead atoms. The summed E-state index contributed by atoms with van der Waals surface area (Å²) in [6, 6.07) is 0.573. The lowest BCUT2D eigenvalue weighted by atomic mass is 10.3. The molecular formula is C10H18N2S. The molecule has 1 aliphatic carbocycles. The summed E-state index contributed by atoms with van der Waals surface area (Å²) in [5, 5.41) is 5.44. The van der Waals surface area contributed by atoms with Crippen LogP contribution in [0.1, 0.15) is 33.1 Å². The third-order valence-corrected chi connectivity index (χ3v) is 4.11. The van der Waals surface area contributed by atoms with Gasteiger partial charge in [0.15, 0.2) is 5.17 Å². The van der Waals surface area contributed by atoms with Gasteiger partial charge in [-0.2, -0.15) is 0 Å². The van der Waals surface area contributed by atoms with Crippen LogP contribution in [0, 0.1) is 5.92 Å². The fourth-order valence-electron chi connectivity index (χ4n) is 1.50. The Balaban J connectivity index is 1.76. The van der Waals surface area contributed by atoms with Gasteiger partial charge in [-0.05, 0) is 32.1 Å². The fraction of sp³-hybridized carbons (Fsp3) is 0.900. The van der Waals surface area contributed by atoms with E-state index in [9.17, 15) is 0 Å². The van der Waals surface area contributed by atoms with Crippen molar-refractivity contribution in [1.29, 1.82) is 0 Å². The van der Waals surface area contributed by atoms with E-state index in [2.05, 4.69) is 24.2 Å². The maximum absolute atomic E-state index is 4.53. The monoisotopic (exact) mass is 198 g/mol. The first kappa shape index (κ1) is 9.38. The normalized spacial score (nSPS) is 30.0. The van der Waals surface area contributed by atoms with Crippen molar-refractivity contribution in [3.63, 3.8) is 0 Å². The molecule has 0 aromatic carbocycles. The molecule has 0 saturated heterocycles. The number of hydrogen-bond donors (Lipinski definition) is 1. The van der Waals surface area contributed by atoms with Crippen molar-refractivity contribution < 1.29 is 0 Å². The summed E-state index contributed by atoms with van der Waals surface area (Å²) in [7, 11) is 0. The Morgan fingerprint density at radius 2 is 2.38 bits per heavy atom. The molecule has 74 valence electrons. The van der Waals surface area contributed by atoms with Gasteiger partial charge in [-0.1, -0.05) is 18.7 Å². The molecule has 1 N–H and O–H groups in total. The minimum atomic E-state index is 0.573. The lowest BCUT2D eigenvalue weighted by Crippen LogP contribution is -2.29. The van der Waals surface area contributed by atoms with E-state index < -0.39 is 0 Å². The van der Waals surface area contributed by atoms with Crippen molar-refractivity contribution in [2.45, 2.75) is 44.4 Å². The van der Waals surface area contributed by atoms with Crippen molar-refractivity contribution in [3.8, 4) is 0 Å². The third-order valence-electron chi connectivity index (χ3n) is 2.81. The van der Waals surface area contributed by atoms with E-state index in [1.165, 1.54) is 24.4 Å². The Hall–Kier alpha value is -0.180. The molecule has 0 amide bonds. The van der Waals surface area contributed by atoms with Crippen LogP contribution < -0.4 is 5.32 Å². The summed E-state index contributed by atoms with van der Waals surface area (Å²) in [4.78, 5) is 4.53. The average molecular weight is 198 g/mol. The fourth-order valence-corrected chi connectivity index (χ4v) is 2.82. The molecule has 0 aromatic rings. The number of hydrogen-bond acceptors (Lipinski definition) is 3. The van der Waals surface area contributed by atoms with Crippen LogP contribution in [0.25, 0.3) is 0 Å². The van der Waals surface area contributed by atoms with Crippen LogP contribution in [0.15, 0.2) is 4.99 Å². The number of thioether (sulfide) groups is 1. The second kappa shape index (κ2) is 3.91. The van der Waals surface area contributed by atoms with Crippen LogP contribution in [0.4, 0.5) is 0 Å². The number of amidine groups is 1. The molecule has 2 atom stereocenters. The van der Waals surface area contributed by atoms with E-state index in [1.807, 2.05) is 11.8 Å². The molecule has 3 heteroatoms. The van der Waals surface area contributed by atoms with Crippen molar-refractivity contribution in [2.75, 3.05) is 6.54 Å². The lowest BCUT2D eigenvalue weighted by molar-refractivity contribution is 0.646. The van der Waals surface area contributed by atoms with Gasteiger partial charge in [-0.3, -0.25) is 4.99 Å². The standard InChI is InChI=1S/C10H18N2S/c1-3-7(2)12-10-11-6-9(13-10)8-4-5-8/h7-9H,3-6H2,1-2H3,(H,11,12). The van der Waals surface area contributed by atoms with Gasteiger partial charge >= 0.3 is 0 Å². The quantitative estimate of drug-likeness (QED) is 0.752. The second-order valence-corrected chi connectivity index (χ2v) is 5.32. The largest absolute Gasteiger partial charge is 0.362 e. The molecule has 2 aliphatic rings. The SMILES string of the molecule is CCC(C)NC1=NCC(C2CC2)S1. The summed E-state index contributed by atoms with van der Waals surface area (Å²) in [6.07, 6.45) is 4.04. The van der Waals surface area contributed by atoms with Crippen molar-refractivity contribution in [3.05, 3.63) is 0 Å². The summed E-state index contributed by atoms with van der Waals surface area (Å²) >= 11 is 1.96. The second-order valence-electron chi connectivity index (χ2n) is 4.09. The Morgan fingerprint density at radius 1 is 1.62 bits per heavy atom. The van der Waals surface area contributed by atoms with Crippen LogP contribution >= 0.6 is 11.8 Å². The van der Waals surface area contributed by atoms with Crippen molar-refractivity contribution >= 4 is 16.9 Å². The minimum Gasteiger partial charge on any atom is -0.362 e. The van der Waals surface area contributed by atoms with Crippen molar-refractivity contribution in [1.82, 2.24) is 5.32 Å².